The first-order valence-electron chi connectivity index (χ1n) is 10.8. The Morgan fingerprint density at radius 2 is 1.77 bits per heavy atom. The molecule has 3 atom stereocenters. The summed E-state index contributed by atoms with van der Waals surface area (Å²) in [5.41, 5.74) is 2.61. The minimum atomic E-state index is -0.446. The van der Waals surface area contributed by atoms with Crippen molar-refractivity contribution in [3.05, 3.63) is 83.1 Å². The van der Waals surface area contributed by atoms with Crippen molar-refractivity contribution in [2.24, 2.45) is 0 Å². The van der Waals surface area contributed by atoms with Gasteiger partial charge in [0.25, 0.3) is 0 Å². The topological polar surface area (TPSA) is 62.2 Å². The predicted molar refractivity (Wildman–Crippen MR) is 118 cm³/mol. The molecule has 1 N–H and O–H groups in total. The van der Waals surface area contributed by atoms with Gasteiger partial charge < -0.3 is 14.6 Å². The standard InChI is InChI=1S/C25H30N2O4/c1-3-31-25(29)23-21-17-26(15-18-10-6-4-7-11-18)16-20(14-22(23)28)27(21)24(30-2)19-12-8-5-9-13-19/h4-13,20-21,24,28H,3,14-17H2,1-2H3/t20-,21-,24?/m0/s1. The molecule has 0 saturated carbocycles. The van der Waals surface area contributed by atoms with Crippen LogP contribution in [-0.2, 0) is 20.8 Å². The molecule has 1 unspecified atom stereocenters. The Morgan fingerprint density at radius 3 is 2.42 bits per heavy atom. The second-order valence-electron chi connectivity index (χ2n) is 8.08. The molecule has 0 aromatic heterocycles. The number of esters is 1. The summed E-state index contributed by atoms with van der Waals surface area (Å²) in [7, 11) is 1.69. The number of rotatable bonds is 7. The average Bonchev–Trinajstić information content (AvgIpc) is 2.77. The van der Waals surface area contributed by atoms with Gasteiger partial charge in [-0.25, -0.2) is 4.79 Å². The molecule has 2 aliphatic rings. The van der Waals surface area contributed by atoms with Crippen molar-refractivity contribution in [3.8, 4) is 0 Å². The van der Waals surface area contributed by atoms with Crippen LogP contribution in [0.15, 0.2) is 72.0 Å². The third-order valence-corrected chi connectivity index (χ3v) is 6.08. The number of aliphatic hydroxyl groups excluding tert-OH is 1. The Bertz CT molecular complexity index is 916. The van der Waals surface area contributed by atoms with E-state index in [0.29, 0.717) is 18.5 Å². The molecule has 1 saturated heterocycles. The molecule has 2 aromatic rings. The normalized spacial score (nSPS) is 22.9. The molecule has 2 aliphatic heterocycles. The molecule has 6 heteroatoms. The van der Waals surface area contributed by atoms with E-state index < -0.39 is 5.97 Å². The Kier molecular flexibility index (Phi) is 6.70. The second-order valence-corrected chi connectivity index (χ2v) is 8.08. The summed E-state index contributed by atoms with van der Waals surface area (Å²) < 4.78 is 11.3. The van der Waals surface area contributed by atoms with Crippen molar-refractivity contribution in [3.63, 3.8) is 0 Å². The van der Waals surface area contributed by atoms with Crippen molar-refractivity contribution < 1.29 is 19.4 Å². The average molecular weight is 423 g/mol. The highest BCUT2D eigenvalue weighted by molar-refractivity contribution is 5.90. The van der Waals surface area contributed by atoms with Crippen molar-refractivity contribution in [2.45, 2.75) is 38.2 Å². The maximum Gasteiger partial charge on any atom is 0.339 e. The minimum Gasteiger partial charge on any atom is -0.512 e. The molecule has 4 rings (SSSR count). The Balaban J connectivity index is 1.68. The molecular formula is C25H30N2O4. The first-order chi connectivity index (χ1) is 15.1. The molecule has 0 aliphatic carbocycles. The molecule has 1 fully saturated rings. The van der Waals surface area contributed by atoms with E-state index in [2.05, 4.69) is 21.9 Å². The Labute approximate surface area is 183 Å². The molecule has 2 aromatic carbocycles. The number of carbonyl (C=O) groups excluding carboxylic acids is 1. The number of aliphatic hydroxyl groups is 1. The molecule has 2 heterocycles. The molecule has 0 radical (unpaired) electrons. The van der Waals surface area contributed by atoms with Gasteiger partial charge in [-0.05, 0) is 18.1 Å². The van der Waals surface area contributed by atoms with Crippen LogP contribution in [0.5, 0.6) is 0 Å². The van der Waals surface area contributed by atoms with Gasteiger partial charge in [-0.1, -0.05) is 60.7 Å². The zero-order chi connectivity index (χ0) is 21.8. The highest BCUT2D eigenvalue weighted by Crippen LogP contribution is 2.39. The molecule has 31 heavy (non-hydrogen) atoms. The lowest BCUT2D eigenvalue weighted by molar-refractivity contribution is -0.146. The third kappa shape index (κ3) is 4.51. The summed E-state index contributed by atoms with van der Waals surface area (Å²) in [5, 5.41) is 10.8. The third-order valence-electron chi connectivity index (χ3n) is 6.08. The number of methoxy groups -OCH3 is 1. The number of hydrogen-bond donors (Lipinski definition) is 1. The molecule has 6 nitrogen and oxygen atoms in total. The summed E-state index contributed by atoms with van der Waals surface area (Å²) in [6.45, 7) is 4.23. The number of nitrogens with zero attached hydrogens (tertiary/aromatic N) is 2. The summed E-state index contributed by atoms with van der Waals surface area (Å²) in [6.07, 6.45) is 0.0791. The van der Waals surface area contributed by atoms with Gasteiger partial charge >= 0.3 is 5.97 Å². The number of hydrogen-bond acceptors (Lipinski definition) is 6. The lowest BCUT2D eigenvalue weighted by Crippen LogP contribution is -2.63. The van der Waals surface area contributed by atoms with E-state index >= 15 is 0 Å². The molecular weight excluding hydrogens is 392 g/mol. The fourth-order valence-electron chi connectivity index (χ4n) is 4.83. The van der Waals surface area contributed by atoms with Gasteiger partial charge in [0, 0.05) is 39.2 Å². The van der Waals surface area contributed by atoms with Crippen LogP contribution < -0.4 is 0 Å². The lowest BCUT2D eigenvalue weighted by atomic mass is 9.87. The van der Waals surface area contributed by atoms with E-state index in [-0.39, 0.29) is 30.7 Å². The van der Waals surface area contributed by atoms with E-state index in [1.54, 1.807) is 14.0 Å². The van der Waals surface area contributed by atoms with Gasteiger partial charge in [-0.2, -0.15) is 0 Å². The van der Waals surface area contributed by atoms with Crippen LogP contribution in [0.2, 0.25) is 0 Å². The molecule has 164 valence electrons. The summed E-state index contributed by atoms with van der Waals surface area (Å²) >= 11 is 0. The zero-order valence-electron chi connectivity index (χ0n) is 18.1. The summed E-state index contributed by atoms with van der Waals surface area (Å²) in [5.74, 6) is -0.301. The van der Waals surface area contributed by atoms with Crippen molar-refractivity contribution in [1.82, 2.24) is 9.80 Å². The molecule has 2 bridgehead atoms. The molecule has 0 amide bonds. The Hall–Kier alpha value is -2.67. The van der Waals surface area contributed by atoms with E-state index in [1.807, 2.05) is 48.5 Å². The first kappa shape index (κ1) is 21.6. The summed E-state index contributed by atoms with van der Waals surface area (Å²) in [6, 6.07) is 20.0. The fourth-order valence-corrected chi connectivity index (χ4v) is 4.83. The van der Waals surface area contributed by atoms with Crippen LogP contribution >= 0.6 is 0 Å². The van der Waals surface area contributed by atoms with Gasteiger partial charge in [-0.3, -0.25) is 9.80 Å². The van der Waals surface area contributed by atoms with Gasteiger partial charge in [-0.15, -0.1) is 0 Å². The SMILES string of the molecule is CCOC(=O)C1=C(O)C[C@H]2CN(Cc3ccccc3)C[C@@H]1N2C(OC)c1ccccc1. The highest BCUT2D eigenvalue weighted by Gasteiger charge is 2.47. The largest absolute Gasteiger partial charge is 0.512 e. The second kappa shape index (κ2) is 9.64. The monoisotopic (exact) mass is 422 g/mol. The maximum atomic E-state index is 12.8. The number of ether oxygens (including phenoxy) is 2. The van der Waals surface area contributed by atoms with Crippen LogP contribution in [0.4, 0.5) is 0 Å². The van der Waals surface area contributed by atoms with Gasteiger partial charge in [0.05, 0.1) is 18.2 Å². The maximum absolute atomic E-state index is 12.8. The van der Waals surface area contributed by atoms with E-state index in [0.717, 1.165) is 18.7 Å². The van der Waals surface area contributed by atoms with Crippen LogP contribution in [0.25, 0.3) is 0 Å². The number of benzene rings is 2. The van der Waals surface area contributed by atoms with Gasteiger partial charge in [0.15, 0.2) is 0 Å². The van der Waals surface area contributed by atoms with Crippen LogP contribution in [-0.4, -0.2) is 59.8 Å². The first-order valence-corrected chi connectivity index (χ1v) is 10.8. The fraction of sp³-hybridized carbons (Fsp3) is 0.400. The van der Waals surface area contributed by atoms with Crippen LogP contribution in [0.1, 0.15) is 30.7 Å². The van der Waals surface area contributed by atoms with E-state index in [1.165, 1.54) is 5.56 Å². The van der Waals surface area contributed by atoms with E-state index in [9.17, 15) is 9.90 Å². The number of fused-ring (bicyclic) bond motifs is 2. The quantitative estimate of drug-likeness (QED) is 0.687. The lowest BCUT2D eigenvalue weighted by Gasteiger charge is -2.52. The molecule has 0 spiro atoms. The van der Waals surface area contributed by atoms with E-state index in [4.69, 9.17) is 9.47 Å². The number of piperazine rings is 1. The van der Waals surface area contributed by atoms with Crippen molar-refractivity contribution >= 4 is 5.97 Å². The zero-order valence-corrected chi connectivity index (χ0v) is 18.1. The highest BCUT2D eigenvalue weighted by atomic mass is 16.5. The number of carbonyl (C=O) groups is 1. The Morgan fingerprint density at radius 1 is 1.10 bits per heavy atom. The van der Waals surface area contributed by atoms with Crippen molar-refractivity contribution in [1.29, 1.82) is 0 Å². The van der Waals surface area contributed by atoms with Crippen LogP contribution in [0.3, 0.4) is 0 Å². The van der Waals surface area contributed by atoms with Gasteiger partial charge in [0.2, 0.25) is 0 Å². The van der Waals surface area contributed by atoms with Crippen molar-refractivity contribution in [2.75, 3.05) is 26.8 Å². The van der Waals surface area contributed by atoms with Crippen LogP contribution in [0, 0.1) is 0 Å². The summed E-state index contributed by atoms with van der Waals surface area (Å²) in [4.78, 5) is 17.4. The minimum absolute atomic E-state index is 0.0193. The smallest absolute Gasteiger partial charge is 0.339 e. The predicted octanol–water partition coefficient (Wildman–Crippen LogP) is 3.67. The van der Waals surface area contributed by atoms with Gasteiger partial charge in [0.1, 0.15) is 12.0 Å².